The first-order valence-electron chi connectivity index (χ1n) is 44.6. The second-order valence-electron chi connectivity index (χ2n) is 35.6. The van der Waals surface area contributed by atoms with E-state index in [9.17, 15) is 0 Å². The van der Waals surface area contributed by atoms with Crippen LogP contribution >= 0.6 is 0 Å². The van der Waals surface area contributed by atoms with E-state index in [2.05, 4.69) is 325 Å². The average molecular weight is 1680 g/mol. The number of pyridine rings is 5. The number of nitrogens with zero attached hydrogens (tertiary/aromatic N) is 8. The number of hydrogen-bond donors (Lipinski definition) is 0. The lowest BCUT2D eigenvalue weighted by atomic mass is 9.74. The fraction of sp³-hybridized carbons (Fsp3) is 0.0504. The molecule has 0 aliphatic heterocycles. The van der Waals surface area contributed by atoms with Crippen LogP contribution in [0, 0.1) is 0 Å². The number of benzene rings is 15. The Hall–Kier alpha value is -17.1. The van der Waals surface area contributed by atoms with Gasteiger partial charge in [-0.1, -0.05) is 307 Å². The van der Waals surface area contributed by atoms with Crippen LogP contribution in [0.5, 0.6) is 0 Å². The molecule has 2 aliphatic rings. The quantitative estimate of drug-likeness (QED) is 0.113. The summed E-state index contributed by atoms with van der Waals surface area (Å²) in [5.74, 6) is 1.56. The molecule has 12 aromatic heterocycles. The molecule has 0 amide bonds. The van der Waals surface area contributed by atoms with E-state index in [0.717, 1.165) is 166 Å². The number of hydrogen-bond acceptors (Lipinski definition) is 9. The molecule has 616 valence electrons. The fourth-order valence-electron chi connectivity index (χ4n) is 21.6. The molecule has 0 bridgehead atoms. The predicted molar refractivity (Wildman–Crippen MR) is 535 cm³/mol. The van der Waals surface area contributed by atoms with Crippen molar-refractivity contribution in [3.8, 4) is 84.7 Å². The summed E-state index contributed by atoms with van der Waals surface area (Å²) in [4.78, 5) is 25.3. The number of fused-ring (bicyclic) bond motifs is 30. The normalized spacial score (nSPS) is 13.2. The van der Waals surface area contributed by atoms with Crippen LogP contribution in [0.4, 0.5) is 0 Å². The molecular formula is C119H76N8O4. The highest BCUT2D eigenvalue weighted by molar-refractivity contribution is 6.24. The molecule has 0 radical (unpaired) electrons. The van der Waals surface area contributed by atoms with Gasteiger partial charge in [-0.3, -0.25) is 14.1 Å². The van der Waals surface area contributed by atoms with E-state index in [-0.39, 0.29) is 10.8 Å². The molecule has 15 aromatic carbocycles. The van der Waals surface area contributed by atoms with Crippen LogP contribution in [0.15, 0.2) is 406 Å². The molecule has 12 heteroatoms. The molecule has 0 saturated heterocycles. The van der Waals surface area contributed by atoms with Gasteiger partial charge in [0.25, 0.3) is 0 Å². The molecule has 2 aliphatic carbocycles. The zero-order chi connectivity index (χ0) is 86.6. The van der Waals surface area contributed by atoms with E-state index in [1.807, 2.05) is 103 Å². The maximum atomic E-state index is 6.40. The molecule has 0 saturated carbocycles. The van der Waals surface area contributed by atoms with Crippen LogP contribution in [0.2, 0.25) is 0 Å². The van der Waals surface area contributed by atoms with E-state index in [4.69, 9.17) is 37.6 Å². The van der Waals surface area contributed by atoms with Crippen molar-refractivity contribution >= 4 is 164 Å². The van der Waals surface area contributed by atoms with Crippen LogP contribution in [0.25, 0.3) is 249 Å². The van der Waals surface area contributed by atoms with E-state index < -0.39 is 0 Å². The first-order valence-corrected chi connectivity index (χ1v) is 44.6. The van der Waals surface area contributed by atoms with Gasteiger partial charge in [-0.25, -0.2) is 19.9 Å². The van der Waals surface area contributed by atoms with E-state index in [0.29, 0.717) is 0 Å². The minimum Gasteiger partial charge on any atom is -0.450 e. The van der Waals surface area contributed by atoms with Gasteiger partial charge in [0, 0.05) is 87.6 Å². The van der Waals surface area contributed by atoms with Gasteiger partial charge in [-0.2, -0.15) is 0 Å². The molecule has 12 nitrogen and oxygen atoms in total. The second kappa shape index (κ2) is 28.2. The molecule has 0 spiro atoms. The fourth-order valence-corrected chi connectivity index (χ4v) is 21.6. The maximum absolute atomic E-state index is 6.40. The largest absolute Gasteiger partial charge is 0.450 e. The van der Waals surface area contributed by atoms with Crippen LogP contribution < -0.4 is 0 Å². The average Bonchev–Trinajstić information content (AvgIpc) is 1.49. The van der Waals surface area contributed by atoms with Gasteiger partial charge in [0.05, 0.1) is 56.2 Å². The van der Waals surface area contributed by atoms with Crippen molar-refractivity contribution in [1.29, 1.82) is 0 Å². The summed E-state index contributed by atoms with van der Waals surface area (Å²) in [6.07, 6.45) is 1.79. The van der Waals surface area contributed by atoms with Gasteiger partial charge >= 0.3 is 0 Å². The van der Waals surface area contributed by atoms with Crippen LogP contribution in [0.3, 0.4) is 0 Å². The van der Waals surface area contributed by atoms with Gasteiger partial charge in [0.1, 0.15) is 56.0 Å². The van der Waals surface area contributed by atoms with Crippen LogP contribution in [0.1, 0.15) is 49.9 Å². The van der Waals surface area contributed by atoms with Crippen molar-refractivity contribution in [1.82, 2.24) is 38.6 Å². The maximum Gasteiger partial charge on any atom is 0.196 e. The number of aromatic nitrogens is 8. The van der Waals surface area contributed by atoms with Gasteiger partial charge in [0.15, 0.2) is 22.3 Å². The highest BCUT2D eigenvalue weighted by Gasteiger charge is 2.50. The predicted octanol–water partition coefficient (Wildman–Crippen LogP) is 31.4. The summed E-state index contributed by atoms with van der Waals surface area (Å²) in [7, 11) is 0. The summed E-state index contributed by atoms with van der Waals surface area (Å²) < 4.78 is 32.6. The highest BCUT2D eigenvalue weighted by Crippen LogP contribution is 2.63. The van der Waals surface area contributed by atoms with Crippen molar-refractivity contribution in [2.45, 2.75) is 38.5 Å². The minimum atomic E-state index is -0.128. The second-order valence-corrected chi connectivity index (χ2v) is 35.6. The summed E-state index contributed by atoms with van der Waals surface area (Å²) in [5.41, 5.74) is 34.1. The third-order valence-electron chi connectivity index (χ3n) is 27.6. The lowest BCUT2D eigenvalue weighted by Crippen LogP contribution is -2.23. The molecule has 0 N–H and O–H groups in total. The molecule has 29 rings (SSSR count). The van der Waals surface area contributed by atoms with Gasteiger partial charge in [-0.05, 0) is 169 Å². The Morgan fingerprint density at radius 2 is 0.595 bits per heavy atom. The van der Waals surface area contributed by atoms with Gasteiger partial charge < -0.3 is 22.2 Å². The Kier molecular flexibility index (Phi) is 16.0. The topological polar surface area (TPSA) is 132 Å². The first kappa shape index (κ1) is 74.2. The lowest BCUT2D eigenvalue weighted by molar-refractivity contribution is 0.603. The van der Waals surface area contributed by atoms with E-state index in [1.54, 1.807) is 6.20 Å². The third kappa shape index (κ3) is 11.0. The Morgan fingerprint density at radius 1 is 0.244 bits per heavy atom. The van der Waals surface area contributed by atoms with E-state index in [1.165, 1.54) is 105 Å². The standard InChI is InChI=1S/C46H35N.C40H23N3O2.C33H18N4O2/c1-45(2)37-23-13-11-21-35(37)43-40(45)41-44(36-22-12-14-24-38(36)46(41,3)4)47(43)42-33-19-9-7-17-31(33)39(32-18-8-10-20-34(32)42)30-26-25-28-15-5-6-16-29(28)27-30;1-2-8-24(9-3-1)25-14-16-26(17-15-25)31-22-20-27-18-19-28-21-23-34(42-36(28)35(27)41-31)43-37-29-10-4-6-12-32(29)44-39(37)40-38(43)30-11-5-7-13-33(30)45-40;1-3-10-25-21(7-1)30-32(38-25)33-31(22-8-2-4-11-26(22)39-33)37(30)27-17-15-20-13-12-19-14-16-24(23-9-5-6-18-34-23)35-28(19)29(20)36-27/h5-27H,1-4H3;1-23H;1-18H. The van der Waals surface area contributed by atoms with Crippen molar-refractivity contribution in [3.05, 3.63) is 411 Å². The van der Waals surface area contributed by atoms with Gasteiger partial charge in [0.2, 0.25) is 0 Å². The SMILES string of the molecule is CC1(C)c2ccccc2-c2c1c1c(n2-c2c3ccccc3c(-c3ccc4ccccc4c3)c3ccccc23)-c2ccccc2C1(C)C.c1ccc(-c2ccc(-c3ccc4ccc5ccc(-n6c7c8ccccc8oc7c7oc8ccccc8c76)nc5c4n3)cc2)cc1.c1ccc(-c2ccc3ccc4ccc(-n5c6c7ccccc7oc6c6oc7ccccc7c65)nc4c3n2)nc1. The number of furan rings is 4. The summed E-state index contributed by atoms with van der Waals surface area (Å²) >= 11 is 0. The third-order valence-corrected chi connectivity index (χ3v) is 27.6. The minimum absolute atomic E-state index is 0.128. The molecule has 27 aromatic rings. The Morgan fingerprint density at radius 3 is 1.07 bits per heavy atom. The first-order chi connectivity index (χ1) is 64.5. The molecule has 0 unspecified atom stereocenters. The van der Waals surface area contributed by atoms with Crippen molar-refractivity contribution < 1.29 is 17.7 Å². The molecule has 12 heterocycles. The summed E-state index contributed by atoms with van der Waals surface area (Å²) in [6.45, 7) is 9.72. The number of rotatable bonds is 7. The summed E-state index contributed by atoms with van der Waals surface area (Å²) in [6, 6.07) is 134. The van der Waals surface area contributed by atoms with Gasteiger partial charge in [-0.15, -0.1) is 0 Å². The smallest absolute Gasteiger partial charge is 0.196 e. The van der Waals surface area contributed by atoms with Crippen molar-refractivity contribution in [2.75, 3.05) is 0 Å². The molecule has 0 atom stereocenters. The van der Waals surface area contributed by atoms with Crippen molar-refractivity contribution in [3.63, 3.8) is 0 Å². The number of para-hydroxylation sites is 4. The van der Waals surface area contributed by atoms with Crippen LogP contribution in [-0.2, 0) is 10.8 Å². The molecule has 131 heavy (non-hydrogen) atoms. The molecular weight excluding hydrogens is 1610 g/mol. The zero-order valence-electron chi connectivity index (χ0n) is 71.7. The highest BCUT2D eigenvalue weighted by atomic mass is 16.4. The molecule has 0 fully saturated rings. The van der Waals surface area contributed by atoms with Crippen LogP contribution in [-0.4, -0.2) is 38.6 Å². The zero-order valence-corrected chi connectivity index (χ0v) is 71.7. The van der Waals surface area contributed by atoms with E-state index >= 15 is 0 Å². The Balaban J connectivity index is 0.000000101. The monoisotopic (exact) mass is 1680 g/mol. The Bertz CT molecular complexity index is 9200. The lowest BCUT2D eigenvalue weighted by Gasteiger charge is -2.28. The van der Waals surface area contributed by atoms with Crippen molar-refractivity contribution in [2.24, 2.45) is 0 Å². The summed E-state index contributed by atoms with van der Waals surface area (Å²) in [5, 5.41) is 15.8. The Labute approximate surface area is 749 Å².